The van der Waals surface area contributed by atoms with Crippen molar-refractivity contribution in [2.24, 2.45) is 0 Å². The highest BCUT2D eigenvalue weighted by molar-refractivity contribution is 5.55. The fraction of sp³-hybridized carbons (Fsp3) is 0.231. The highest BCUT2D eigenvalue weighted by atomic mass is 19.1. The van der Waals surface area contributed by atoms with Gasteiger partial charge in [0.1, 0.15) is 17.3 Å². The fourth-order valence-electron chi connectivity index (χ4n) is 1.70. The number of nitrogens with two attached hydrogens (primary N) is 1. The molecule has 2 aromatic rings. The first-order valence-corrected chi connectivity index (χ1v) is 5.43. The monoisotopic (exact) mass is 234 g/mol. The summed E-state index contributed by atoms with van der Waals surface area (Å²) in [5.74, 6) is 1.31. The summed E-state index contributed by atoms with van der Waals surface area (Å²) in [4.78, 5) is 0. The van der Waals surface area contributed by atoms with E-state index >= 15 is 0 Å². The smallest absolute Gasteiger partial charge is 0.127 e. The Bertz CT molecular complexity index is 502. The van der Waals surface area contributed by atoms with Crippen LogP contribution in [-0.4, -0.2) is 0 Å². The van der Waals surface area contributed by atoms with Gasteiger partial charge in [-0.1, -0.05) is 0 Å². The van der Waals surface area contributed by atoms with E-state index in [0.717, 1.165) is 11.5 Å². The van der Waals surface area contributed by atoms with E-state index in [2.05, 4.69) is 5.32 Å². The normalized spacial score (nSPS) is 12.4. The minimum absolute atomic E-state index is 0.0371. The van der Waals surface area contributed by atoms with Gasteiger partial charge in [-0.05, 0) is 44.2 Å². The molecule has 0 fully saturated rings. The largest absolute Gasteiger partial charge is 0.464 e. The minimum Gasteiger partial charge on any atom is -0.464 e. The van der Waals surface area contributed by atoms with Gasteiger partial charge in [0.05, 0.1) is 6.04 Å². The zero-order valence-corrected chi connectivity index (χ0v) is 9.83. The number of nitrogen functional groups attached to an aromatic ring is 1. The second kappa shape index (κ2) is 4.49. The Hall–Kier alpha value is -1.97. The van der Waals surface area contributed by atoms with E-state index in [4.69, 9.17) is 10.2 Å². The molecule has 1 unspecified atom stereocenters. The lowest BCUT2D eigenvalue weighted by atomic mass is 10.2. The summed E-state index contributed by atoms with van der Waals surface area (Å²) < 4.78 is 18.6. The molecule has 0 aliphatic heterocycles. The van der Waals surface area contributed by atoms with E-state index in [1.807, 2.05) is 26.0 Å². The van der Waals surface area contributed by atoms with Crippen LogP contribution in [-0.2, 0) is 0 Å². The quantitative estimate of drug-likeness (QED) is 0.799. The maximum absolute atomic E-state index is 13.1. The van der Waals surface area contributed by atoms with Gasteiger partial charge in [0, 0.05) is 11.4 Å². The number of rotatable bonds is 3. The van der Waals surface area contributed by atoms with Crippen molar-refractivity contribution in [2.75, 3.05) is 11.1 Å². The van der Waals surface area contributed by atoms with Crippen molar-refractivity contribution in [2.45, 2.75) is 19.9 Å². The van der Waals surface area contributed by atoms with Gasteiger partial charge in [-0.3, -0.25) is 0 Å². The molecule has 1 aromatic carbocycles. The Labute approximate surface area is 99.4 Å². The second-order valence-electron chi connectivity index (χ2n) is 4.09. The van der Waals surface area contributed by atoms with Gasteiger partial charge in [0.25, 0.3) is 0 Å². The van der Waals surface area contributed by atoms with Crippen molar-refractivity contribution in [3.05, 3.63) is 47.7 Å². The van der Waals surface area contributed by atoms with Gasteiger partial charge in [-0.2, -0.15) is 0 Å². The molecule has 0 spiro atoms. The lowest BCUT2D eigenvalue weighted by molar-refractivity contribution is 0.467. The van der Waals surface area contributed by atoms with Crippen LogP contribution in [0, 0.1) is 12.7 Å². The molecular formula is C13H15FN2O. The third kappa shape index (κ3) is 2.78. The van der Waals surface area contributed by atoms with Crippen molar-refractivity contribution in [1.82, 2.24) is 0 Å². The molecule has 0 saturated heterocycles. The molecule has 3 nitrogen and oxygen atoms in total. The first-order valence-electron chi connectivity index (χ1n) is 5.43. The van der Waals surface area contributed by atoms with Gasteiger partial charge in [0.15, 0.2) is 0 Å². The molecule has 90 valence electrons. The molecule has 0 radical (unpaired) electrons. The van der Waals surface area contributed by atoms with Gasteiger partial charge < -0.3 is 15.5 Å². The third-order valence-corrected chi connectivity index (χ3v) is 2.49. The van der Waals surface area contributed by atoms with E-state index in [0.29, 0.717) is 11.4 Å². The molecule has 1 heterocycles. The Balaban J connectivity index is 2.15. The molecular weight excluding hydrogens is 219 g/mol. The van der Waals surface area contributed by atoms with Crippen LogP contribution in [0.3, 0.4) is 0 Å². The fourth-order valence-corrected chi connectivity index (χ4v) is 1.70. The Morgan fingerprint density at radius 3 is 2.65 bits per heavy atom. The number of halogens is 1. The Kier molecular flexibility index (Phi) is 3.04. The van der Waals surface area contributed by atoms with Crippen molar-refractivity contribution in [3.63, 3.8) is 0 Å². The lowest BCUT2D eigenvalue weighted by Crippen LogP contribution is -2.06. The summed E-state index contributed by atoms with van der Waals surface area (Å²) in [7, 11) is 0. The Morgan fingerprint density at radius 2 is 2.06 bits per heavy atom. The maximum Gasteiger partial charge on any atom is 0.127 e. The number of furan rings is 1. The minimum atomic E-state index is -0.352. The highest BCUT2D eigenvalue weighted by Crippen LogP contribution is 2.23. The number of nitrogens with one attached hydrogen (secondary N) is 1. The summed E-state index contributed by atoms with van der Waals surface area (Å²) in [5.41, 5.74) is 6.62. The predicted octanol–water partition coefficient (Wildman–Crippen LogP) is 3.48. The SMILES string of the molecule is Cc1ccc(C(C)Nc2cc(N)cc(F)c2)o1. The van der Waals surface area contributed by atoms with E-state index in [9.17, 15) is 4.39 Å². The molecule has 2 rings (SSSR count). The van der Waals surface area contributed by atoms with Crippen LogP contribution >= 0.6 is 0 Å². The molecule has 0 aliphatic carbocycles. The zero-order chi connectivity index (χ0) is 12.4. The number of hydrogen-bond acceptors (Lipinski definition) is 3. The van der Waals surface area contributed by atoms with Gasteiger partial charge in [-0.25, -0.2) is 4.39 Å². The molecule has 1 atom stereocenters. The first kappa shape index (κ1) is 11.5. The van der Waals surface area contributed by atoms with Crippen molar-refractivity contribution in [3.8, 4) is 0 Å². The molecule has 0 amide bonds. The van der Waals surface area contributed by atoms with E-state index in [1.165, 1.54) is 12.1 Å². The van der Waals surface area contributed by atoms with Crippen LogP contribution in [0.25, 0.3) is 0 Å². The number of anilines is 2. The molecule has 4 heteroatoms. The van der Waals surface area contributed by atoms with Crippen molar-refractivity contribution < 1.29 is 8.81 Å². The van der Waals surface area contributed by atoms with E-state index in [1.54, 1.807) is 6.07 Å². The summed E-state index contributed by atoms with van der Waals surface area (Å²) in [6.45, 7) is 3.83. The number of benzene rings is 1. The summed E-state index contributed by atoms with van der Waals surface area (Å²) in [6.07, 6.45) is 0. The molecule has 17 heavy (non-hydrogen) atoms. The molecule has 0 aliphatic rings. The summed E-state index contributed by atoms with van der Waals surface area (Å²) >= 11 is 0. The second-order valence-corrected chi connectivity index (χ2v) is 4.09. The first-order chi connectivity index (χ1) is 8.04. The average Bonchev–Trinajstić information content (AvgIpc) is 2.63. The van der Waals surface area contributed by atoms with Gasteiger partial charge >= 0.3 is 0 Å². The lowest BCUT2D eigenvalue weighted by Gasteiger charge is -2.13. The maximum atomic E-state index is 13.1. The van der Waals surface area contributed by atoms with Crippen molar-refractivity contribution in [1.29, 1.82) is 0 Å². The average molecular weight is 234 g/mol. The van der Waals surface area contributed by atoms with Crippen molar-refractivity contribution >= 4 is 11.4 Å². The van der Waals surface area contributed by atoms with Gasteiger partial charge in [0.2, 0.25) is 0 Å². The number of aryl methyl sites for hydroxylation is 1. The van der Waals surface area contributed by atoms with E-state index in [-0.39, 0.29) is 11.9 Å². The molecule has 1 aromatic heterocycles. The van der Waals surface area contributed by atoms with Crippen LogP contribution in [0.4, 0.5) is 15.8 Å². The predicted molar refractivity (Wildman–Crippen MR) is 66.3 cm³/mol. The van der Waals surface area contributed by atoms with Gasteiger partial charge in [-0.15, -0.1) is 0 Å². The topological polar surface area (TPSA) is 51.2 Å². The van der Waals surface area contributed by atoms with Crippen LogP contribution in [0.2, 0.25) is 0 Å². The molecule has 0 saturated carbocycles. The highest BCUT2D eigenvalue weighted by Gasteiger charge is 2.09. The van der Waals surface area contributed by atoms with Crippen LogP contribution in [0.5, 0.6) is 0 Å². The third-order valence-electron chi connectivity index (χ3n) is 2.49. The summed E-state index contributed by atoms with van der Waals surface area (Å²) in [6, 6.07) is 8.14. The van der Waals surface area contributed by atoms with E-state index < -0.39 is 0 Å². The van der Waals surface area contributed by atoms with Crippen LogP contribution in [0.1, 0.15) is 24.5 Å². The Morgan fingerprint density at radius 1 is 1.29 bits per heavy atom. The molecule has 3 N–H and O–H groups in total. The van der Waals surface area contributed by atoms with Crippen LogP contribution < -0.4 is 11.1 Å². The number of hydrogen-bond donors (Lipinski definition) is 2. The summed E-state index contributed by atoms with van der Waals surface area (Å²) in [5, 5.41) is 3.14. The molecule has 0 bridgehead atoms. The zero-order valence-electron chi connectivity index (χ0n) is 9.83. The standard InChI is InChI=1S/C13H15FN2O/c1-8-3-4-13(17-8)9(2)16-12-6-10(14)5-11(15)7-12/h3-7,9,16H,15H2,1-2H3. The van der Waals surface area contributed by atoms with Crippen LogP contribution in [0.15, 0.2) is 34.7 Å².